The summed E-state index contributed by atoms with van der Waals surface area (Å²) in [6, 6.07) is 7.25. The number of aromatic nitrogens is 1. The average molecular weight is 483 g/mol. The molecule has 0 spiro atoms. The highest BCUT2D eigenvalue weighted by Gasteiger charge is 2.19. The number of halogens is 2. The van der Waals surface area contributed by atoms with Crippen molar-refractivity contribution in [2.24, 2.45) is 7.05 Å². The van der Waals surface area contributed by atoms with Crippen molar-refractivity contribution in [2.45, 2.75) is 25.5 Å². The van der Waals surface area contributed by atoms with Crippen LogP contribution in [0.2, 0.25) is 5.02 Å². The summed E-state index contributed by atoms with van der Waals surface area (Å²) >= 11 is 13.4. The van der Waals surface area contributed by atoms with Crippen molar-refractivity contribution in [3.05, 3.63) is 67.3 Å². The number of amides is 1. The van der Waals surface area contributed by atoms with Crippen LogP contribution >= 0.6 is 34.5 Å². The third-order valence-electron chi connectivity index (χ3n) is 4.82. The highest BCUT2D eigenvalue weighted by Crippen LogP contribution is 2.31. The van der Waals surface area contributed by atoms with E-state index >= 15 is 0 Å². The molecular weight excluding hydrogens is 459 g/mol. The molecule has 0 aliphatic heterocycles. The van der Waals surface area contributed by atoms with Crippen LogP contribution in [0.25, 0.3) is 10.2 Å². The van der Waals surface area contributed by atoms with E-state index in [-0.39, 0.29) is 17.8 Å². The van der Waals surface area contributed by atoms with Gasteiger partial charge in [-0.05, 0) is 17.7 Å². The zero-order valence-electron chi connectivity index (χ0n) is 17.4. The molecule has 0 atom stereocenters. The number of rotatable bonds is 10. The summed E-state index contributed by atoms with van der Waals surface area (Å²) in [5.41, 5.74) is 2.94. The molecule has 31 heavy (non-hydrogen) atoms. The predicted molar refractivity (Wildman–Crippen MR) is 125 cm³/mol. The van der Waals surface area contributed by atoms with Gasteiger partial charge in [0.05, 0.1) is 42.3 Å². The van der Waals surface area contributed by atoms with E-state index in [0.717, 1.165) is 21.5 Å². The fraction of sp³-hybridized carbons (Fsp3) is 0.364. The molecule has 6 nitrogen and oxygen atoms in total. The van der Waals surface area contributed by atoms with E-state index in [4.69, 9.17) is 32.7 Å². The number of aryl methyl sites for hydroxylation is 1. The smallest absolute Gasteiger partial charge is 0.224 e. The van der Waals surface area contributed by atoms with Crippen LogP contribution in [0.5, 0.6) is 0 Å². The monoisotopic (exact) mass is 482 g/mol. The van der Waals surface area contributed by atoms with Gasteiger partial charge in [-0.15, -0.1) is 22.9 Å². The first-order chi connectivity index (χ1) is 14.9. The lowest BCUT2D eigenvalue weighted by Gasteiger charge is -2.10. The Labute approximate surface area is 194 Å². The Morgan fingerprint density at radius 3 is 2.65 bits per heavy atom. The Hall–Kier alpha value is -1.90. The van der Waals surface area contributed by atoms with Gasteiger partial charge in [0.15, 0.2) is 0 Å². The first kappa shape index (κ1) is 23.8. The third-order valence-corrected chi connectivity index (χ3v) is 6.71. The molecule has 166 valence electrons. The average Bonchev–Trinajstić information content (AvgIpc) is 3.14. The lowest BCUT2D eigenvalue weighted by atomic mass is 10.1. The molecule has 0 radical (unpaired) electrons. The minimum atomic E-state index is -0.219. The van der Waals surface area contributed by atoms with Crippen LogP contribution in [0.4, 0.5) is 0 Å². The van der Waals surface area contributed by atoms with E-state index in [9.17, 15) is 9.59 Å². The number of thiophene rings is 1. The van der Waals surface area contributed by atoms with Gasteiger partial charge in [-0.3, -0.25) is 9.59 Å². The lowest BCUT2D eigenvalue weighted by molar-refractivity contribution is -0.120. The normalized spacial score (nSPS) is 11.2. The molecule has 0 saturated heterocycles. The lowest BCUT2D eigenvalue weighted by Crippen LogP contribution is -2.27. The Balaban J connectivity index is 1.78. The zero-order chi connectivity index (χ0) is 22.4. The van der Waals surface area contributed by atoms with Gasteiger partial charge in [0.25, 0.3) is 0 Å². The van der Waals surface area contributed by atoms with E-state index < -0.39 is 0 Å². The van der Waals surface area contributed by atoms with Crippen molar-refractivity contribution >= 4 is 50.7 Å². The molecular formula is C22H24Cl2N2O4S. The second-order valence-electron chi connectivity index (χ2n) is 7.03. The first-order valence-corrected chi connectivity index (χ1v) is 11.4. The van der Waals surface area contributed by atoms with Gasteiger partial charge < -0.3 is 19.4 Å². The van der Waals surface area contributed by atoms with Gasteiger partial charge in [-0.25, -0.2) is 0 Å². The number of hydrogen-bond acceptors (Lipinski definition) is 5. The number of hydrogen-bond donors (Lipinski definition) is 1. The molecule has 0 aliphatic rings. The Morgan fingerprint density at radius 2 is 1.97 bits per heavy atom. The molecule has 1 N–H and O–H groups in total. The molecule has 2 aromatic heterocycles. The molecule has 1 aromatic carbocycles. The number of methoxy groups -OCH3 is 1. The van der Waals surface area contributed by atoms with Crippen LogP contribution in [-0.4, -0.2) is 30.8 Å². The van der Waals surface area contributed by atoms with Crippen molar-refractivity contribution in [1.82, 2.24) is 9.88 Å². The van der Waals surface area contributed by atoms with Gasteiger partial charge in [-0.2, -0.15) is 0 Å². The summed E-state index contributed by atoms with van der Waals surface area (Å²) in [7, 11) is 3.48. The van der Waals surface area contributed by atoms with Crippen LogP contribution < -0.4 is 10.7 Å². The molecule has 0 saturated carbocycles. The number of nitrogens with one attached hydrogen (secondary N) is 1. The maximum absolute atomic E-state index is 13.1. The second kappa shape index (κ2) is 11.1. The zero-order valence-corrected chi connectivity index (χ0v) is 19.7. The van der Waals surface area contributed by atoms with Gasteiger partial charge in [0.2, 0.25) is 11.3 Å². The molecule has 0 unspecified atom stereocenters. The van der Waals surface area contributed by atoms with Crippen LogP contribution in [0.3, 0.4) is 0 Å². The number of carbonyl (C=O) groups is 1. The van der Waals surface area contributed by atoms with Crippen molar-refractivity contribution in [3.8, 4) is 0 Å². The van der Waals surface area contributed by atoms with Crippen LogP contribution in [0.15, 0.2) is 35.3 Å². The summed E-state index contributed by atoms with van der Waals surface area (Å²) in [5.74, 6) is 0.0715. The molecule has 9 heteroatoms. The number of carbonyl (C=O) groups excluding carboxylic acids is 1. The van der Waals surface area contributed by atoms with E-state index in [2.05, 4.69) is 5.32 Å². The van der Waals surface area contributed by atoms with Crippen LogP contribution in [-0.2, 0) is 46.8 Å². The van der Waals surface area contributed by atoms with Crippen molar-refractivity contribution < 1.29 is 14.3 Å². The SMILES string of the molecule is COCCOCc1c(CCl)sc2c(=O)c(CC(=O)NCc3ccc(Cl)cc3)cn(C)c12. The summed E-state index contributed by atoms with van der Waals surface area (Å²) in [5, 5.41) is 3.49. The van der Waals surface area contributed by atoms with Crippen molar-refractivity contribution in [1.29, 1.82) is 0 Å². The van der Waals surface area contributed by atoms with Crippen molar-refractivity contribution in [3.63, 3.8) is 0 Å². The number of alkyl halides is 1. The largest absolute Gasteiger partial charge is 0.382 e. The molecule has 0 aliphatic carbocycles. The quantitative estimate of drug-likeness (QED) is 0.350. The van der Waals surface area contributed by atoms with E-state index in [1.165, 1.54) is 11.3 Å². The van der Waals surface area contributed by atoms with Gasteiger partial charge in [0.1, 0.15) is 0 Å². The van der Waals surface area contributed by atoms with E-state index in [0.29, 0.717) is 47.5 Å². The fourth-order valence-electron chi connectivity index (χ4n) is 3.27. The topological polar surface area (TPSA) is 69.6 Å². The minimum absolute atomic E-state index is 0.00395. The Morgan fingerprint density at radius 1 is 1.23 bits per heavy atom. The number of pyridine rings is 1. The second-order valence-corrected chi connectivity index (χ2v) is 8.84. The maximum Gasteiger partial charge on any atom is 0.224 e. The summed E-state index contributed by atoms with van der Waals surface area (Å²) in [4.78, 5) is 26.4. The molecule has 3 aromatic rings. The fourth-order valence-corrected chi connectivity index (χ4v) is 4.89. The highest BCUT2D eigenvalue weighted by molar-refractivity contribution is 7.19. The standard InChI is InChI=1S/C22H24Cl2N2O4S/c1-26-12-15(9-19(27)25-11-14-3-5-16(24)6-4-14)21(28)22-20(26)17(18(10-23)31-22)13-30-8-7-29-2/h3-6,12H,7-11,13H2,1-2H3,(H,25,27). The van der Waals surface area contributed by atoms with Crippen molar-refractivity contribution in [2.75, 3.05) is 20.3 Å². The Kier molecular flexibility index (Phi) is 8.51. The summed E-state index contributed by atoms with van der Waals surface area (Å²) < 4.78 is 13.1. The summed E-state index contributed by atoms with van der Waals surface area (Å²) in [6.07, 6.45) is 1.72. The first-order valence-electron chi connectivity index (χ1n) is 9.71. The van der Waals surface area contributed by atoms with E-state index in [1.54, 1.807) is 25.4 Å². The van der Waals surface area contributed by atoms with Crippen LogP contribution in [0.1, 0.15) is 21.6 Å². The third kappa shape index (κ3) is 5.87. The van der Waals surface area contributed by atoms with Gasteiger partial charge in [-0.1, -0.05) is 23.7 Å². The van der Waals surface area contributed by atoms with Crippen LogP contribution in [0, 0.1) is 0 Å². The highest BCUT2D eigenvalue weighted by atomic mass is 35.5. The maximum atomic E-state index is 13.1. The van der Waals surface area contributed by atoms with Gasteiger partial charge >= 0.3 is 0 Å². The minimum Gasteiger partial charge on any atom is -0.382 e. The number of nitrogens with zero attached hydrogens (tertiary/aromatic N) is 1. The van der Waals surface area contributed by atoms with E-state index in [1.807, 2.05) is 23.7 Å². The molecule has 0 fully saturated rings. The molecule has 2 heterocycles. The Bertz CT molecular complexity index is 1110. The van der Waals surface area contributed by atoms with Gasteiger partial charge in [0, 0.05) is 47.9 Å². The number of benzene rings is 1. The molecule has 3 rings (SSSR count). The number of ether oxygens (including phenoxy) is 2. The summed E-state index contributed by atoms with van der Waals surface area (Å²) in [6.45, 7) is 1.67. The predicted octanol–water partition coefficient (Wildman–Crippen LogP) is 4.01. The number of fused-ring (bicyclic) bond motifs is 1. The molecule has 1 amide bonds. The molecule has 0 bridgehead atoms.